The highest BCUT2D eigenvalue weighted by Crippen LogP contribution is 2.14. The third kappa shape index (κ3) is 4.04. The number of pyridine rings is 1. The Morgan fingerprint density at radius 1 is 1.12 bits per heavy atom. The van der Waals surface area contributed by atoms with Crippen molar-refractivity contribution in [3.8, 4) is 0 Å². The van der Waals surface area contributed by atoms with Gasteiger partial charge in [-0.1, -0.05) is 0 Å². The highest BCUT2D eigenvalue weighted by molar-refractivity contribution is 5.94. The van der Waals surface area contributed by atoms with Crippen LogP contribution in [0.25, 0.3) is 0 Å². The molecular weight excluding hydrogens is 316 g/mol. The van der Waals surface area contributed by atoms with Crippen molar-refractivity contribution in [3.05, 3.63) is 42.4 Å². The lowest BCUT2D eigenvalue weighted by molar-refractivity contribution is 0.0766. The second-order valence-electron chi connectivity index (χ2n) is 6.10. The van der Waals surface area contributed by atoms with Crippen LogP contribution in [0.2, 0.25) is 0 Å². The Labute approximate surface area is 148 Å². The molecule has 0 aliphatic carbocycles. The van der Waals surface area contributed by atoms with Crippen molar-refractivity contribution in [1.82, 2.24) is 19.9 Å². The lowest BCUT2D eigenvalue weighted by atomic mass is 10.2. The Morgan fingerprint density at radius 3 is 2.60 bits per heavy atom. The molecule has 1 saturated heterocycles. The van der Waals surface area contributed by atoms with Gasteiger partial charge in [-0.05, 0) is 31.5 Å². The van der Waals surface area contributed by atoms with Crippen molar-refractivity contribution in [2.45, 2.75) is 13.3 Å². The third-order valence-electron chi connectivity index (χ3n) is 4.48. The number of aromatic nitrogens is 3. The van der Waals surface area contributed by atoms with Gasteiger partial charge in [-0.25, -0.2) is 15.0 Å². The molecule has 0 bridgehead atoms. The summed E-state index contributed by atoms with van der Waals surface area (Å²) in [5.41, 5.74) is 0.637. The summed E-state index contributed by atoms with van der Waals surface area (Å²) < 4.78 is 0. The van der Waals surface area contributed by atoms with Crippen LogP contribution in [0.5, 0.6) is 0 Å². The molecule has 7 heteroatoms. The fraction of sp³-hybridized carbons (Fsp3) is 0.444. The summed E-state index contributed by atoms with van der Waals surface area (Å²) in [6.45, 7) is 5.93. The second kappa shape index (κ2) is 7.92. The zero-order chi connectivity index (χ0) is 17.6. The number of rotatable bonds is 4. The van der Waals surface area contributed by atoms with E-state index in [9.17, 15) is 4.79 Å². The molecule has 0 aromatic carbocycles. The predicted molar refractivity (Wildman–Crippen MR) is 97.9 cm³/mol. The van der Waals surface area contributed by atoms with Gasteiger partial charge in [0.05, 0.1) is 5.56 Å². The molecule has 1 amide bonds. The molecule has 0 N–H and O–H groups in total. The number of hydrogen-bond donors (Lipinski definition) is 0. The summed E-state index contributed by atoms with van der Waals surface area (Å²) in [6, 6.07) is 5.57. The first-order chi connectivity index (χ1) is 12.2. The molecule has 3 rings (SSSR count). The summed E-state index contributed by atoms with van der Waals surface area (Å²) in [7, 11) is 1.98. The van der Waals surface area contributed by atoms with E-state index in [0.717, 1.165) is 44.4 Å². The Morgan fingerprint density at radius 2 is 1.92 bits per heavy atom. The summed E-state index contributed by atoms with van der Waals surface area (Å²) >= 11 is 0. The van der Waals surface area contributed by atoms with Crippen LogP contribution in [0, 0.1) is 0 Å². The first-order valence-corrected chi connectivity index (χ1v) is 8.67. The molecule has 1 fully saturated rings. The van der Waals surface area contributed by atoms with Crippen LogP contribution in [-0.2, 0) is 0 Å². The van der Waals surface area contributed by atoms with Crippen molar-refractivity contribution < 1.29 is 4.79 Å². The first-order valence-electron chi connectivity index (χ1n) is 8.67. The zero-order valence-electron chi connectivity index (χ0n) is 14.8. The SMILES string of the molecule is CCN(C)c1ccc(C(=O)N2CCCN(c3ncccn3)CC2)cn1. The van der Waals surface area contributed by atoms with E-state index in [1.807, 2.05) is 35.0 Å². The Balaban J connectivity index is 1.65. The van der Waals surface area contributed by atoms with Crippen LogP contribution in [0.1, 0.15) is 23.7 Å². The van der Waals surface area contributed by atoms with Gasteiger partial charge in [0.25, 0.3) is 5.91 Å². The molecule has 0 unspecified atom stereocenters. The molecule has 2 aromatic heterocycles. The maximum atomic E-state index is 12.8. The molecule has 1 aliphatic heterocycles. The first kappa shape index (κ1) is 17.1. The van der Waals surface area contributed by atoms with Gasteiger partial charge in [-0.2, -0.15) is 0 Å². The standard InChI is InChI=1S/C18H24N6O/c1-3-22(2)16-7-6-15(14-21-16)17(25)23-10-5-11-24(13-12-23)18-19-8-4-9-20-18/h4,6-9,14H,3,5,10-13H2,1-2H3. The molecule has 2 aromatic rings. The van der Waals surface area contributed by atoms with E-state index in [1.54, 1.807) is 18.6 Å². The van der Waals surface area contributed by atoms with E-state index >= 15 is 0 Å². The van der Waals surface area contributed by atoms with Crippen LogP contribution in [-0.4, -0.2) is 65.5 Å². The average molecular weight is 340 g/mol. The normalized spacial score (nSPS) is 15.0. The van der Waals surface area contributed by atoms with Crippen LogP contribution < -0.4 is 9.80 Å². The Kier molecular flexibility index (Phi) is 5.42. The maximum absolute atomic E-state index is 12.8. The van der Waals surface area contributed by atoms with Gasteiger partial charge >= 0.3 is 0 Å². The number of nitrogens with zero attached hydrogens (tertiary/aromatic N) is 6. The van der Waals surface area contributed by atoms with Crippen LogP contribution in [0.4, 0.5) is 11.8 Å². The average Bonchev–Trinajstić information content (AvgIpc) is 2.94. The molecule has 3 heterocycles. The minimum Gasteiger partial charge on any atom is -0.360 e. The molecule has 132 valence electrons. The van der Waals surface area contributed by atoms with Crippen LogP contribution in [0.15, 0.2) is 36.8 Å². The second-order valence-corrected chi connectivity index (χ2v) is 6.10. The smallest absolute Gasteiger partial charge is 0.255 e. The summed E-state index contributed by atoms with van der Waals surface area (Å²) in [4.78, 5) is 31.8. The highest BCUT2D eigenvalue weighted by atomic mass is 16.2. The van der Waals surface area contributed by atoms with Gasteiger partial charge in [-0.3, -0.25) is 4.79 Å². The van der Waals surface area contributed by atoms with Gasteiger partial charge in [0, 0.05) is 58.4 Å². The molecule has 25 heavy (non-hydrogen) atoms. The number of carbonyl (C=O) groups excluding carboxylic acids is 1. The van der Waals surface area contributed by atoms with Gasteiger partial charge < -0.3 is 14.7 Å². The zero-order valence-corrected chi connectivity index (χ0v) is 14.8. The molecule has 0 spiro atoms. The number of hydrogen-bond acceptors (Lipinski definition) is 6. The third-order valence-corrected chi connectivity index (χ3v) is 4.48. The van der Waals surface area contributed by atoms with E-state index in [2.05, 4.69) is 26.8 Å². The van der Waals surface area contributed by atoms with Gasteiger partial charge in [0.15, 0.2) is 0 Å². The predicted octanol–water partition coefficient (Wildman–Crippen LogP) is 1.68. The van der Waals surface area contributed by atoms with Crippen molar-refractivity contribution in [2.24, 2.45) is 0 Å². The fourth-order valence-corrected chi connectivity index (χ4v) is 2.86. The number of anilines is 2. The summed E-state index contributed by atoms with van der Waals surface area (Å²) in [5.74, 6) is 1.64. The van der Waals surface area contributed by atoms with Crippen molar-refractivity contribution >= 4 is 17.7 Å². The van der Waals surface area contributed by atoms with E-state index in [1.165, 1.54) is 0 Å². The maximum Gasteiger partial charge on any atom is 0.255 e. The lowest BCUT2D eigenvalue weighted by Gasteiger charge is -2.22. The topological polar surface area (TPSA) is 65.5 Å². The van der Waals surface area contributed by atoms with E-state index in [4.69, 9.17) is 0 Å². The van der Waals surface area contributed by atoms with Gasteiger partial charge in [0.2, 0.25) is 5.95 Å². The molecule has 0 saturated carbocycles. The summed E-state index contributed by atoms with van der Waals surface area (Å²) in [5, 5.41) is 0. The molecular formula is C18H24N6O. The fourth-order valence-electron chi connectivity index (χ4n) is 2.86. The monoisotopic (exact) mass is 340 g/mol. The van der Waals surface area contributed by atoms with Crippen LogP contribution >= 0.6 is 0 Å². The Bertz CT molecular complexity index is 690. The van der Waals surface area contributed by atoms with Crippen LogP contribution in [0.3, 0.4) is 0 Å². The molecule has 1 aliphatic rings. The van der Waals surface area contributed by atoms with E-state index in [0.29, 0.717) is 12.1 Å². The van der Waals surface area contributed by atoms with Gasteiger partial charge in [-0.15, -0.1) is 0 Å². The molecule has 0 radical (unpaired) electrons. The van der Waals surface area contributed by atoms with E-state index < -0.39 is 0 Å². The summed E-state index contributed by atoms with van der Waals surface area (Å²) in [6.07, 6.45) is 6.06. The molecule has 0 atom stereocenters. The minimum atomic E-state index is 0.0361. The molecule has 7 nitrogen and oxygen atoms in total. The highest BCUT2D eigenvalue weighted by Gasteiger charge is 2.21. The van der Waals surface area contributed by atoms with E-state index in [-0.39, 0.29) is 5.91 Å². The lowest BCUT2D eigenvalue weighted by Crippen LogP contribution is -2.35. The Hall–Kier alpha value is -2.70. The minimum absolute atomic E-state index is 0.0361. The van der Waals surface area contributed by atoms with Crippen molar-refractivity contribution in [3.63, 3.8) is 0 Å². The largest absolute Gasteiger partial charge is 0.360 e. The van der Waals surface area contributed by atoms with Gasteiger partial charge in [0.1, 0.15) is 5.82 Å². The number of carbonyl (C=O) groups is 1. The quantitative estimate of drug-likeness (QED) is 0.844. The van der Waals surface area contributed by atoms with Crippen molar-refractivity contribution in [2.75, 3.05) is 49.6 Å². The van der Waals surface area contributed by atoms with Crippen molar-refractivity contribution in [1.29, 1.82) is 0 Å². The number of amides is 1.